The molecule has 0 unspecified atom stereocenters. The highest BCUT2D eigenvalue weighted by Gasteiger charge is 2.06. The molecule has 19 heavy (non-hydrogen) atoms. The molecule has 1 heterocycles. The minimum atomic E-state index is 0.527. The monoisotopic (exact) mass is 275 g/mol. The van der Waals surface area contributed by atoms with Gasteiger partial charge in [0.05, 0.1) is 0 Å². The molecule has 0 aliphatic carbocycles. The van der Waals surface area contributed by atoms with Gasteiger partial charge in [-0.15, -0.1) is 21.5 Å². The molecule has 0 radical (unpaired) electrons. The summed E-state index contributed by atoms with van der Waals surface area (Å²) < 4.78 is 0. The molecule has 0 fully saturated rings. The van der Waals surface area contributed by atoms with Crippen LogP contribution in [0, 0.1) is 6.92 Å². The molecule has 0 aliphatic heterocycles. The van der Waals surface area contributed by atoms with Gasteiger partial charge in [0.15, 0.2) is 0 Å². The van der Waals surface area contributed by atoms with Crippen LogP contribution in [0.4, 0.5) is 0 Å². The van der Waals surface area contributed by atoms with Crippen LogP contribution in [0.1, 0.15) is 35.0 Å². The van der Waals surface area contributed by atoms with Gasteiger partial charge in [-0.2, -0.15) is 0 Å². The van der Waals surface area contributed by atoms with Crippen LogP contribution in [-0.2, 0) is 12.8 Å². The summed E-state index contributed by atoms with van der Waals surface area (Å²) in [7, 11) is 0. The Morgan fingerprint density at radius 3 is 2.63 bits per heavy atom. The van der Waals surface area contributed by atoms with Crippen molar-refractivity contribution in [2.75, 3.05) is 6.54 Å². The largest absolute Gasteiger partial charge is 0.314 e. The minimum absolute atomic E-state index is 0.527. The predicted octanol–water partition coefficient (Wildman–Crippen LogP) is 2.98. The van der Waals surface area contributed by atoms with E-state index in [0.717, 1.165) is 29.4 Å². The highest BCUT2D eigenvalue weighted by Crippen LogP contribution is 2.17. The summed E-state index contributed by atoms with van der Waals surface area (Å²) in [6, 6.07) is 8.98. The van der Waals surface area contributed by atoms with Gasteiger partial charge in [-0.3, -0.25) is 0 Å². The van der Waals surface area contributed by atoms with Gasteiger partial charge in [0.2, 0.25) is 0 Å². The van der Waals surface area contributed by atoms with Crippen LogP contribution in [0.3, 0.4) is 0 Å². The minimum Gasteiger partial charge on any atom is -0.314 e. The molecule has 0 aliphatic rings. The van der Waals surface area contributed by atoms with Crippen LogP contribution in [0.15, 0.2) is 24.3 Å². The molecule has 3 nitrogen and oxygen atoms in total. The van der Waals surface area contributed by atoms with Crippen LogP contribution >= 0.6 is 11.3 Å². The van der Waals surface area contributed by atoms with E-state index in [1.165, 1.54) is 11.1 Å². The second-order valence-electron chi connectivity index (χ2n) is 5.05. The van der Waals surface area contributed by atoms with Gasteiger partial charge in [-0.25, -0.2) is 0 Å². The molecule has 0 saturated heterocycles. The van der Waals surface area contributed by atoms with Crippen molar-refractivity contribution < 1.29 is 0 Å². The lowest BCUT2D eigenvalue weighted by Gasteiger charge is -2.05. The lowest BCUT2D eigenvalue weighted by atomic mass is 10.1. The second-order valence-corrected chi connectivity index (χ2v) is 6.20. The smallest absolute Gasteiger partial charge is 0.121 e. The Morgan fingerprint density at radius 2 is 1.89 bits per heavy atom. The van der Waals surface area contributed by atoms with Crippen molar-refractivity contribution in [3.8, 4) is 0 Å². The summed E-state index contributed by atoms with van der Waals surface area (Å²) in [6.07, 6.45) is 1.85. The van der Waals surface area contributed by atoms with E-state index in [4.69, 9.17) is 0 Å². The fraction of sp³-hybridized carbons (Fsp3) is 0.467. The number of aromatic nitrogens is 2. The maximum atomic E-state index is 4.29. The quantitative estimate of drug-likeness (QED) is 0.880. The molecule has 0 atom stereocenters. The lowest BCUT2D eigenvalue weighted by molar-refractivity contribution is 0.588. The average Bonchev–Trinajstić information content (AvgIpc) is 2.79. The van der Waals surface area contributed by atoms with Crippen LogP contribution < -0.4 is 5.32 Å². The maximum absolute atomic E-state index is 4.29. The van der Waals surface area contributed by atoms with Gasteiger partial charge in [0.25, 0.3) is 0 Å². The molecule has 0 amide bonds. The summed E-state index contributed by atoms with van der Waals surface area (Å²) in [5.41, 5.74) is 2.66. The van der Waals surface area contributed by atoms with Crippen molar-refractivity contribution >= 4 is 11.3 Å². The third-order valence-electron chi connectivity index (χ3n) is 3.00. The van der Waals surface area contributed by atoms with Crippen molar-refractivity contribution in [2.24, 2.45) is 0 Å². The van der Waals surface area contributed by atoms with E-state index >= 15 is 0 Å². The van der Waals surface area contributed by atoms with E-state index in [1.807, 2.05) is 0 Å². The molecule has 4 heteroatoms. The van der Waals surface area contributed by atoms with Crippen molar-refractivity contribution in [3.05, 3.63) is 45.4 Å². The number of nitrogens with one attached hydrogen (secondary N) is 1. The van der Waals surface area contributed by atoms with E-state index < -0.39 is 0 Å². The molecule has 2 rings (SSSR count). The van der Waals surface area contributed by atoms with Crippen LogP contribution in [-0.4, -0.2) is 22.8 Å². The molecular weight excluding hydrogens is 254 g/mol. The Bertz CT molecular complexity index is 520. The molecule has 0 spiro atoms. The molecule has 0 bridgehead atoms. The van der Waals surface area contributed by atoms with Gasteiger partial charge in [0.1, 0.15) is 10.0 Å². The Kier molecular flexibility index (Phi) is 5.05. The average molecular weight is 275 g/mol. The summed E-state index contributed by atoms with van der Waals surface area (Å²) >= 11 is 1.73. The molecular formula is C15H21N3S. The zero-order valence-electron chi connectivity index (χ0n) is 11.8. The Labute approximate surface area is 119 Å². The third-order valence-corrected chi connectivity index (χ3v) is 3.99. The number of nitrogens with zero attached hydrogens (tertiary/aromatic N) is 2. The number of aryl methyl sites for hydroxylation is 1. The molecule has 0 saturated carbocycles. The summed E-state index contributed by atoms with van der Waals surface area (Å²) in [5, 5.41) is 14.2. The first kappa shape index (κ1) is 14.2. The normalized spacial score (nSPS) is 11.2. The fourth-order valence-corrected chi connectivity index (χ4v) is 2.77. The molecule has 2 aromatic rings. The van der Waals surface area contributed by atoms with Gasteiger partial charge in [0, 0.05) is 25.4 Å². The topological polar surface area (TPSA) is 37.8 Å². The number of hydrogen-bond acceptors (Lipinski definition) is 4. The Balaban J connectivity index is 1.92. The third kappa shape index (κ3) is 4.40. The SMILES string of the molecule is Cc1ccccc1Cc1nnc(CCNC(C)C)s1. The fourth-order valence-electron chi connectivity index (χ4n) is 1.90. The van der Waals surface area contributed by atoms with Crippen LogP contribution in [0.25, 0.3) is 0 Å². The predicted molar refractivity (Wildman–Crippen MR) is 80.7 cm³/mol. The number of benzene rings is 1. The van der Waals surface area contributed by atoms with E-state index in [0.29, 0.717) is 6.04 Å². The molecule has 1 aromatic heterocycles. The summed E-state index contributed by atoms with van der Waals surface area (Å²) in [5.74, 6) is 0. The maximum Gasteiger partial charge on any atom is 0.121 e. The van der Waals surface area contributed by atoms with Crippen molar-refractivity contribution in [3.63, 3.8) is 0 Å². The zero-order valence-corrected chi connectivity index (χ0v) is 12.6. The van der Waals surface area contributed by atoms with Gasteiger partial charge in [-0.1, -0.05) is 38.1 Å². The van der Waals surface area contributed by atoms with E-state index in [-0.39, 0.29) is 0 Å². The zero-order chi connectivity index (χ0) is 13.7. The van der Waals surface area contributed by atoms with Gasteiger partial charge in [-0.05, 0) is 18.1 Å². The molecule has 102 valence electrons. The van der Waals surface area contributed by atoms with Crippen LogP contribution in [0.5, 0.6) is 0 Å². The summed E-state index contributed by atoms with van der Waals surface area (Å²) in [6.45, 7) is 7.42. The Morgan fingerprint density at radius 1 is 1.16 bits per heavy atom. The van der Waals surface area contributed by atoms with E-state index in [1.54, 1.807) is 11.3 Å². The van der Waals surface area contributed by atoms with Crippen LogP contribution in [0.2, 0.25) is 0 Å². The Hall–Kier alpha value is -1.26. The first-order valence-corrected chi connectivity index (χ1v) is 7.56. The van der Waals surface area contributed by atoms with Gasteiger partial charge < -0.3 is 5.32 Å². The van der Waals surface area contributed by atoms with E-state index in [2.05, 4.69) is 60.6 Å². The number of rotatable bonds is 6. The van der Waals surface area contributed by atoms with E-state index in [9.17, 15) is 0 Å². The standard InChI is InChI=1S/C15H21N3S/c1-11(2)16-9-8-14-17-18-15(19-14)10-13-7-5-4-6-12(13)3/h4-7,11,16H,8-10H2,1-3H3. The highest BCUT2D eigenvalue weighted by molar-refractivity contribution is 7.11. The van der Waals surface area contributed by atoms with Crippen molar-refractivity contribution in [2.45, 2.75) is 39.7 Å². The highest BCUT2D eigenvalue weighted by atomic mass is 32.1. The molecule has 1 aromatic carbocycles. The first-order chi connectivity index (χ1) is 9.15. The van der Waals surface area contributed by atoms with Crippen molar-refractivity contribution in [1.29, 1.82) is 0 Å². The number of hydrogen-bond donors (Lipinski definition) is 1. The summed E-state index contributed by atoms with van der Waals surface area (Å²) in [4.78, 5) is 0. The van der Waals surface area contributed by atoms with Crippen molar-refractivity contribution in [1.82, 2.24) is 15.5 Å². The first-order valence-electron chi connectivity index (χ1n) is 6.74. The molecule has 1 N–H and O–H groups in total. The lowest BCUT2D eigenvalue weighted by Crippen LogP contribution is -2.24. The van der Waals surface area contributed by atoms with Gasteiger partial charge >= 0.3 is 0 Å². The second kappa shape index (κ2) is 6.78.